The van der Waals surface area contributed by atoms with Gasteiger partial charge in [-0.1, -0.05) is 42.5 Å². The van der Waals surface area contributed by atoms with Gasteiger partial charge in [-0.2, -0.15) is 0 Å². The largest absolute Gasteiger partial charge is 0.327 e. The topological polar surface area (TPSA) is 38.1 Å². The van der Waals surface area contributed by atoms with Crippen molar-refractivity contribution in [2.45, 2.75) is 32.5 Å². The van der Waals surface area contributed by atoms with Crippen LogP contribution in [0.1, 0.15) is 34.6 Å². The standard InChI is InChI=1S/C26H23F2N3O/c27-20-12-13-22(28)21(14-20)26(32)30(15-18-6-2-1-3-7-18)17-25-29-23-8-4-5-9-24(23)31(25)16-19-10-11-19/h1-9,12-14,19H,10-11,15-17H2. The second-order valence-corrected chi connectivity index (χ2v) is 8.34. The van der Waals surface area contributed by atoms with Gasteiger partial charge in [0.1, 0.15) is 17.5 Å². The second kappa shape index (κ2) is 8.54. The van der Waals surface area contributed by atoms with Crippen LogP contribution in [-0.2, 0) is 19.6 Å². The summed E-state index contributed by atoms with van der Waals surface area (Å²) < 4.78 is 30.4. The molecule has 4 nitrogen and oxygen atoms in total. The molecule has 0 unspecified atom stereocenters. The number of imidazole rings is 1. The van der Waals surface area contributed by atoms with Gasteiger partial charge in [-0.15, -0.1) is 0 Å². The molecule has 1 amide bonds. The molecule has 0 aliphatic heterocycles. The molecular weight excluding hydrogens is 408 g/mol. The third kappa shape index (κ3) is 4.26. The summed E-state index contributed by atoms with van der Waals surface area (Å²) in [6.45, 7) is 1.31. The van der Waals surface area contributed by atoms with Crippen molar-refractivity contribution in [3.63, 3.8) is 0 Å². The van der Waals surface area contributed by atoms with Gasteiger partial charge < -0.3 is 9.47 Å². The number of hydrogen-bond acceptors (Lipinski definition) is 2. The zero-order valence-electron chi connectivity index (χ0n) is 17.5. The van der Waals surface area contributed by atoms with Crippen LogP contribution in [0.2, 0.25) is 0 Å². The number of fused-ring (bicyclic) bond motifs is 1. The Morgan fingerprint density at radius 1 is 0.969 bits per heavy atom. The molecule has 1 aromatic heterocycles. The Hall–Kier alpha value is -3.54. The number of benzene rings is 3. The Kier molecular flexibility index (Phi) is 5.43. The normalized spacial score (nSPS) is 13.4. The molecule has 0 N–H and O–H groups in total. The minimum atomic E-state index is -0.735. The van der Waals surface area contributed by atoms with Crippen LogP contribution in [0.25, 0.3) is 11.0 Å². The molecule has 1 fully saturated rings. The van der Waals surface area contributed by atoms with Crippen LogP contribution in [-0.4, -0.2) is 20.4 Å². The molecular formula is C26H23F2N3O. The van der Waals surface area contributed by atoms with E-state index in [0.717, 1.165) is 47.2 Å². The number of para-hydroxylation sites is 2. The van der Waals surface area contributed by atoms with E-state index in [4.69, 9.17) is 4.98 Å². The Morgan fingerprint density at radius 2 is 1.72 bits per heavy atom. The third-order valence-electron chi connectivity index (χ3n) is 5.87. The summed E-state index contributed by atoms with van der Waals surface area (Å²) in [4.78, 5) is 19.7. The van der Waals surface area contributed by atoms with Gasteiger partial charge >= 0.3 is 0 Å². The van der Waals surface area contributed by atoms with Crippen molar-refractivity contribution < 1.29 is 13.6 Å². The maximum absolute atomic E-state index is 14.4. The zero-order valence-corrected chi connectivity index (χ0v) is 17.5. The zero-order chi connectivity index (χ0) is 22.1. The summed E-state index contributed by atoms with van der Waals surface area (Å²) in [6.07, 6.45) is 2.38. The fourth-order valence-electron chi connectivity index (χ4n) is 4.01. The van der Waals surface area contributed by atoms with Crippen LogP contribution < -0.4 is 0 Å². The minimum Gasteiger partial charge on any atom is -0.327 e. The van der Waals surface area contributed by atoms with Crippen molar-refractivity contribution in [2.75, 3.05) is 0 Å². The van der Waals surface area contributed by atoms with Crippen molar-refractivity contribution in [2.24, 2.45) is 5.92 Å². The number of carbonyl (C=O) groups is 1. The van der Waals surface area contributed by atoms with Crippen molar-refractivity contribution in [3.8, 4) is 0 Å². The van der Waals surface area contributed by atoms with Crippen LogP contribution in [0.4, 0.5) is 8.78 Å². The van der Waals surface area contributed by atoms with Crippen molar-refractivity contribution >= 4 is 16.9 Å². The number of aromatic nitrogens is 2. The average molecular weight is 431 g/mol. The highest BCUT2D eigenvalue weighted by molar-refractivity contribution is 5.94. The Balaban J connectivity index is 1.53. The molecule has 1 aliphatic rings. The first kappa shape index (κ1) is 20.4. The highest BCUT2D eigenvalue weighted by Crippen LogP contribution is 2.33. The molecule has 1 heterocycles. The van der Waals surface area contributed by atoms with E-state index in [-0.39, 0.29) is 18.7 Å². The monoisotopic (exact) mass is 431 g/mol. The highest BCUT2D eigenvalue weighted by atomic mass is 19.1. The fourth-order valence-corrected chi connectivity index (χ4v) is 4.01. The second-order valence-electron chi connectivity index (χ2n) is 8.34. The number of hydrogen-bond donors (Lipinski definition) is 0. The summed E-state index contributed by atoms with van der Waals surface area (Å²) in [6, 6.07) is 20.4. The van der Waals surface area contributed by atoms with E-state index < -0.39 is 17.5 Å². The molecule has 0 bridgehead atoms. The SMILES string of the molecule is O=C(c1cc(F)ccc1F)N(Cc1ccccc1)Cc1nc2ccccc2n1CC1CC1. The predicted molar refractivity (Wildman–Crippen MR) is 119 cm³/mol. The van der Waals surface area contributed by atoms with Gasteiger partial charge in [-0.05, 0) is 54.7 Å². The van der Waals surface area contributed by atoms with Gasteiger partial charge in [-0.25, -0.2) is 13.8 Å². The van der Waals surface area contributed by atoms with E-state index in [1.165, 1.54) is 17.7 Å². The minimum absolute atomic E-state index is 0.199. The Labute approximate surface area is 185 Å². The number of rotatable bonds is 7. The fraction of sp³-hybridized carbons (Fsp3) is 0.231. The van der Waals surface area contributed by atoms with Gasteiger partial charge in [-0.3, -0.25) is 4.79 Å². The first-order valence-corrected chi connectivity index (χ1v) is 10.8. The highest BCUT2D eigenvalue weighted by Gasteiger charge is 2.27. The first-order valence-electron chi connectivity index (χ1n) is 10.8. The third-order valence-corrected chi connectivity index (χ3v) is 5.87. The molecule has 4 aromatic rings. The van der Waals surface area contributed by atoms with Gasteiger partial charge in [0.2, 0.25) is 0 Å². The summed E-state index contributed by atoms with van der Waals surface area (Å²) >= 11 is 0. The lowest BCUT2D eigenvalue weighted by molar-refractivity contribution is 0.0718. The number of carbonyl (C=O) groups excluding carboxylic acids is 1. The lowest BCUT2D eigenvalue weighted by atomic mass is 10.1. The van der Waals surface area contributed by atoms with Crippen LogP contribution in [0.5, 0.6) is 0 Å². The van der Waals surface area contributed by atoms with Gasteiger partial charge in [0, 0.05) is 13.1 Å². The molecule has 0 atom stereocenters. The molecule has 162 valence electrons. The van der Waals surface area contributed by atoms with Gasteiger partial charge in [0.15, 0.2) is 0 Å². The molecule has 0 spiro atoms. The van der Waals surface area contributed by atoms with E-state index in [9.17, 15) is 13.6 Å². The number of amides is 1. The molecule has 32 heavy (non-hydrogen) atoms. The average Bonchev–Trinajstić information content (AvgIpc) is 3.56. The van der Waals surface area contributed by atoms with E-state index in [1.807, 2.05) is 54.6 Å². The smallest absolute Gasteiger partial charge is 0.257 e. The van der Waals surface area contributed by atoms with Crippen molar-refractivity contribution in [1.29, 1.82) is 0 Å². The van der Waals surface area contributed by atoms with Crippen LogP contribution >= 0.6 is 0 Å². The molecule has 3 aromatic carbocycles. The van der Waals surface area contributed by atoms with Gasteiger partial charge in [0.25, 0.3) is 5.91 Å². The summed E-state index contributed by atoms with van der Waals surface area (Å²) in [5, 5.41) is 0. The Morgan fingerprint density at radius 3 is 2.50 bits per heavy atom. The molecule has 0 radical (unpaired) electrons. The predicted octanol–water partition coefficient (Wildman–Crippen LogP) is 5.57. The van der Waals surface area contributed by atoms with E-state index in [0.29, 0.717) is 5.92 Å². The van der Waals surface area contributed by atoms with Crippen molar-refractivity contribution in [3.05, 3.63) is 101 Å². The van der Waals surface area contributed by atoms with E-state index in [1.54, 1.807) is 0 Å². The maximum atomic E-state index is 14.4. The lowest BCUT2D eigenvalue weighted by Crippen LogP contribution is -2.32. The van der Waals surface area contributed by atoms with Crippen LogP contribution in [0.3, 0.4) is 0 Å². The molecule has 0 saturated heterocycles. The maximum Gasteiger partial charge on any atom is 0.257 e. The summed E-state index contributed by atoms with van der Waals surface area (Å²) in [5.41, 5.74) is 2.53. The quantitative estimate of drug-likeness (QED) is 0.384. The lowest BCUT2D eigenvalue weighted by Gasteiger charge is -2.23. The molecule has 1 saturated carbocycles. The van der Waals surface area contributed by atoms with Crippen LogP contribution in [0, 0.1) is 17.6 Å². The van der Waals surface area contributed by atoms with E-state index >= 15 is 0 Å². The van der Waals surface area contributed by atoms with E-state index in [2.05, 4.69) is 4.57 Å². The first-order chi connectivity index (χ1) is 15.6. The van der Waals surface area contributed by atoms with Gasteiger partial charge in [0.05, 0.1) is 23.1 Å². The van der Waals surface area contributed by atoms with Crippen LogP contribution in [0.15, 0.2) is 72.8 Å². The number of halogens is 2. The molecule has 1 aliphatic carbocycles. The number of nitrogens with zero attached hydrogens (tertiary/aromatic N) is 3. The molecule has 6 heteroatoms. The Bertz CT molecular complexity index is 1260. The summed E-state index contributed by atoms with van der Waals surface area (Å²) in [7, 11) is 0. The van der Waals surface area contributed by atoms with Crippen molar-refractivity contribution in [1.82, 2.24) is 14.5 Å². The molecule has 5 rings (SSSR count). The summed E-state index contributed by atoms with van der Waals surface area (Å²) in [5.74, 6) is -0.573.